The van der Waals surface area contributed by atoms with Gasteiger partial charge in [0.25, 0.3) is 5.91 Å². The number of aryl methyl sites for hydroxylation is 1. The average molecular weight is 484 g/mol. The molecule has 2 aromatic carbocycles. The minimum Gasteiger partial charge on any atom is -0.371 e. The van der Waals surface area contributed by atoms with Crippen LogP contribution in [0.4, 0.5) is 5.69 Å². The molecule has 1 fully saturated rings. The fourth-order valence-electron chi connectivity index (χ4n) is 4.54. The Morgan fingerprint density at radius 3 is 2.56 bits per heavy atom. The van der Waals surface area contributed by atoms with Crippen LogP contribution in [0.1, 0.15) is 43.5 Å². The van der Waals surface area contributed by atoms with Crippen molar-refractivity contribution >= 4 is 32.7 Å². The maximum atomic E-state index is 13.2. The van der Waals surface area contributed by atoms with E-state index >= 15 is 0 Å². The molecule has 0 aliphatic carbocycles. The molecule has 2 heterocycles. The predicted octanol–water partition coefficient (Wildman–Crippen LogP) is 3.49. The van der Waals surface area contributed by atoms with Crippen LogP contribution in [-0.4, -0.2) is 60.9 Å². The van der Waals surface area contributed by atoms with Gasteiger partial charge in [-0.25, -0.2) is 13.4 Å². The number of aromatic nitrogens is 2. The molecular weight excluding hydrogens is 450 g/mol. The molecule has 9 heteroatoms. The summed E-state index contributed by atoms with van der Waals surface area (Å²) < 4.78 is 29.6. The summed E-state index contributed by atoms with van der Waals surface area (Å²) in [5.41, 5.74) is 3.24. The molecule has 1 amide bonds. The summed E-state index contributed by atoms with van der Waals surface area (Å²) in [6.45, 7) is 7.36. The van der Waals surface area contributed by atoms with E-state index in [1.165, 1.54) is 4.31 Å². The Bertz CT molecular complexity index is 1240. The highest BCUT2D eigenvalue weighted by Crippen LogP contribution is 2.28. The van der Waals surface area contributed by atoms with Crippen molar-refractivity contribution in [1.29, 1.82) is 0 Å². The van der Waals surface area contributed by atoms with Gasteiger partial charge in [-0.3, -0.25) is 4.79 Å². The fraction of sp³-hybridized carbons (Fsp3) is 0.440. The van der Waals surface area contributed by atoms with Gasteiger partial charge < -0.3 is 14.8 Å². The van der Waals surface area contributed by atoms with Crippen LogP contribution in [-0.2, 0) is 16.6 Å². The SMILES string of the molecule is CCN(CC)S(=O)(=O)c1ccc(N2CCCC2)c(C(=O)NCCCn2cnc3ccccc32)c1. The van der Waals surface area contributed by atoms with Crippen molar-refractivity contribution < 1.29 is 13.2 Å². The van der Waals surface area contributed by atoms with Gasteiger partial charge in [0.15, 0.2) is 0 Å². The molecule has 1 N–H and O–H groups in total. The number of hydrogen-bond donors (Lipinski definition) is 1. The first kappa shape index (κ1) is 24.2. The Labute approximate surface area is 201 Å². The number of imidazole rings is 1. The molecule has 0 bridgehead atoms. The minimum absolute atomic E-state index is 0.161. The van der Waals surface area contributed by atoms with Crippen molar-refractivity contribution in [2.45, 2.75) is 44.6 Å². The molecule has 3 aromatic rings. The summed E-state index contributed by atoms with van der Waals surface area (Å²) in [6, 6.07) is 12.9. The molecule has 0 unspecified atom stereocenters. The molecule has 182 valence electrons. The van der Waals surface area contributed by atoms with Crippen LogP contribution >= 0.6 is 0 Å². The molecule has 1 aromatic heterocycles. The first-order valence-corrected chi connectivity index (χ1v) is 13.5. The summed E-state index contributed by atoms with van der Waals surface area (Å²) in [6.07, 6.45) is 4.70. The number of nitrogens with zero attached hydrogens (tertiary/aromatic N) is 4. The smallest absolute Gasteiger partial charge is 0.253 e. The number of sulfonamides is 1. The van der Waals surface area contributed by atoms with E-state index < -0.39 is 10.0 Å². The molecule has 34 heavy (non-hydrogen) atoms. The lowest BCUT2D eigenvalue weighted by Gasteiger charge is -2.23. The zero-order valence-electron chi connectivity index (χ0n) is 19.9. The summed E-state index contributed by atoms with van der Waals surface area (Å²) in [4.78, 5) is 20.0. The lowest BCUT2D eigenvalue weighted by molar-refractivity contribution is 0.0953. The summed E-state index contributed by atoms with van der Waals surface area (Å²) >= 11 is 0. The second kappa shape index (κ2) is 10.6. The van der Waals surface area contributed by atoms with Crippen molar-refractivity contribution in [3.63, 3.8) is 0 Å². The van der Waals surface area contributed by atoms with Crippen LogP contribution in [0, 0.1) is 0 Å². The van der Waals surface area contributed by atoms with E-state index in [0.717, 1.165) is 55.6 Å². The fourth-order valence-corrected chi connectivity index (χ4v) is 6.02. The molecule has 8 nitrogen and oxygen atoms in total. The second-order valence-electron chi connectivity index (χ2n) is 8.50. The number of nitrogens with one attached hydrogen (secondary N) is 1. The average Bonchev–Trinajstić information content (AvgIpc) is 3.52. The van der Waals surface area contributed by atoms with Crippen LogP contribution in [0.5, 0.6) is 0 Å². The van der Waals surface area contributed by atoms with Gasteiger partial charge in [0.05, 0.1) is 27.8 Å². The number of benzene rings is 2. The topological polar surface area (TPSA) is 87.5 Å². The first-order valence-electron chi connectivity index (χ1n) is 12.0. The molecule has 0 radical (unpaired) electrons. The van der Waals surface area contributed by atoms with Crippen molar-refractivity contribution in [2.24, 2.45) is 0 Å². The van der Waals surface area contributed by atoms with E-state index in [0.29, 0.717) is 25.2 Å². The van der Waals surface area contributed by atoms with Gasteiger partial charge in [0, 0.05) is 45.0 Å². The quantitative estimate of drug-likeness (QED) is 0.446. The Morgan fingerprint density at radius 1 is 1.09 bits per heavy atom. The van der Waals surface area contributed by atoms with Crippen molar-refractivity contribution in [1.82, 2.24) is 19.2 Å². The number of amides is 1. The summed E-state index contributed by atoms with van der Waals surface area (Å²) in [5, 5.41) is 3.00. The zero-order chi connectivity index (χ0) is 24.1. The molecule has 4 rings (SSSR count). The van der Waals surface area contributed by atoms with Gasteiger partial charge in [-0.15, -0.1) is 0 Å². The van der Waals surface area contributed by atoms with Gasteiger partial charge in [0.2, 0.25) is 10.0 Å². The molecule has 0 atom stereocenters. The number of carbonyl (C=O) groups is 1. The highest BCUT2D eigenvalue weighted by atomic mass is 32.2. The number of rotatable bonds is 10. The Balaban J connectivity index is 1.50. The number of para-hydroxylation sites is 2. The monoisotopic (exact) mass is 483 g/mol. The van der Waals surface area contributed by atoms with Crippen LogP contribution in [0.25, 0.3) is 11.0 Å². The molecule has 0 saturated carbocycles. The number of fused-ring (bicyclic) bond motifs is 1. The van der Waals surface area contributed by atoms with Crippen molar-refractivity contribution in [2.75, 3.05) is 37.6 Å². The van der Waals surface area contributed by atoms with Gasteiger partial charge in [-0.2, -0.15) is 4.31 Å². The highest BCUT2D eigenvalue weighted by molar-refractivity contribution is 7.89. The predicted molar refractivity (Wildman–Crippen MR) is 135 cm³/mol. The van der Waals surface area contributed by atoms with E-state index in [2.05, 4.69) is 19.8 Å². The van der Waals surface area contributed by atoms with E-state index in [1.54, 1.807) is 18.2 Å². The third kappa shape index (κ3) is 4.95. The Kier molecular flexibility index (Phi) is 7.53. The van der Waals surface area contributed by atoms with E-state index in [9.17, 15) is 13.2 Å². The van der Waals surface area contributed by atoms with Gasteiger partial charge in [-0.05, 0) is 49.6 Å². The summed E-state index contributed by atoms with van der Waals surface area (Å²) in [7, 11) is -3.65. The molecule has 1 saturated heterocycles. The van der Waals surface area contributed by atoms with Gasteiger partial charge in [-0.1, -0.05) is 26.0 Å². The zero-order valence-corrected chi connectivity index (χ0v) is 20.7. The van der Waals surface area contributed by atoms with Crippen LogP contribution < -0.4 is 10.2 Å². The lowest BCUT2D eigenvalue weighted by Crippen LogP contribution is -2.32. The number of hydrogen-bond acceptors (Lipinski definition) is 5. The van der Waals surface area contributed by atoms with E-state index in [4.69, 9.17) is 0 Å². The second-order valence-corrected chi connectivity index (χ2v) is 10.4. The normalized spacial score (nSPS) is 14.3. The standard InChI is InChI=1S/C25H33N5O3S/c1-3-30(4-2)34(32,33)20-12-13-23(28-15-7-8-16-28)21(18-20)25(31)26-14-9-17-29-19-27-22-10-5-6-11-24(22)29/h5-6,10-13,18-19H,3-4,7-9,14-17H2,1-2H3,(H,26,31). The Hall–Kier alpha value is -2.91. The lowest BCUT2D eigenvalue weighted by atomic mass is 10.1. The summed E-state index contributed by atoms with van der Waals surface area (Å²) in [5.74, 6) is -0.242. The van der Waals surface area contributed by atoms with Gasteiger partial charge in [0.1, 0.15) is 0 Å². The molecular formula is C25H33N5O3S. The maximum Gasteiger partial charge on any atom is 0.253 e. The first-order chi connectivity index (χ1) is 16.5. The molecule has 0 spiro atoms. The largest absolute Gasteiger partial charge is 0.371 e. The van der Waals surface area contributed by atoms with Crippen LogP contribution in [0.3, 0.4) is 0 Å². The van der Waals surface area contributed by atoms with E-state index in [-0.39, 0.29) is 10.8 Å². The van der Waals surface area contributed by atoms with Crippen LogP contribution in [0.2, 0.25) is 0 Å². The maximum absolute atomic E-state index is 13.2. The number of anilines is 1. The highest BCUT2D eigenvalue weighted by Gasteiger charge is 2.26. The van der Waals surface area contributed by atoms with Gasteiger partial charge >= 0.3 is 0 Å². The minimum atomic E-state index is -3.65. The number of carbonyl (C=O) groups excluding carboxylic acids is 1. The Morgan fingerprint density at radius 2 is 1.82 bits per heavy atom. The molecule has 1 aliphatic heterocycles. The third-order valence-electron chi connectivity index (χ3n) is 6.39. The van der Waals surface area contributed by atoms with E-state index in [1.807, 2.05) is 44.4 Å². The van der Waals surface area contributed by atoms with Crippen LogP contribution in [0.15, 0.2) is 53.7 Å². The van der Waals surface area contributed by atoms with Crippen molar-refractivity contribution in [3.05, 3.63) is 54.4 Å². The third-order valence-corrected chi connectivity index (χ3v) is 8.44. The molecule has 1 aliphatic rings. The van der Waals surface area contributed by atoms with Crippen molar-refractivity contribution in [3.8, 4) is 0 Å².